The highest BCUT2D eigenvalue weighted by Gasteiger charge is 1.96. The number of aryl methyl sites for hydroxylation is 1. The smallest absolute Gasteiger partial charge is 0.335 e. The molecule has 2 aromatic rings. The van der Waals surface area contributed by atoms with Crippen LogP contribution in [0.15, 0.2) is 60.7 Å². The number of hydrogen-bond donors (Lipinski definition) is 3. The Bertz CT molecular complexity index is 589. The number of hydrogen-bond acceptors (Lipinski definition) is 7. The molecule has 0 amide bonds. The maximum absolute atomic E-state index is 10.2. The molecular weight excluding hydrogens is 396 g/mol. The van der Waals surface area contributed by atoms with Gasteiger partial charge in [-0.15, -0.1) is 0 Å². The number of aromatic carboxylic acids is 1. The molecule has 0 aliphatic carbocycles. The molecule has 0 aliphatic rings. The monoisotopic (exact) mass is 432 g/mol. The Morgan fingerprint density at radius 3 is 1.10 bits per heavy atom. The molecule has 2 aromatic carbocycles. The van der Waals surface area contributed by atoms with Crippen molar-refractivity contribution >= 4 is 5.97 Å². The zero-order valence-electron chi connectivity index (χ0n) is 16.6. The SMILES string of the molecule is C.C.CO.CO.C[N+](=O)[O-].C[N+](=O)[O-].Cc1ccccc1.O=C(O)c1ccccc1. The molecule has 0 radical (unpaired) electrons. The highest BCUT2D eigenvalue weighted by molar-refractivity contribution is 5.87. The maximum Gasteiger partial charge on any atom is 0.335 e. The first kappa shape index (κ1) is 41.1. The van der Waals surface area contributed by atoms with Crippen molar-refractivity contribution in [3.8, 4) is 0 Å². The van der Waals surface area contributed by atoms with Crippen LogP contribution in [0, 0.1) is 27.2 Å². The third-order valence-electron chi connectivity index (χ3n) is 1.96. The molecule has 30 heavy (non-hydrogen) atoms. The van der Waals surface area contributed by atoms with Crippen LogP contribution in [0.4, 0.5) is 0 Å². The van der Waals surface area contributed by atoms with Gasteiger partial charge in [-0.05, 0) is 19.1 Å². The highest BCUT2D eigenvalue weighted by atomic mass is 16.6. The van der Waals surface area contributed by atoms with E-state index in [1.165, 1.54) is 5.56 Å². The average Bonchev–Trinajstić information content (AvgIpc) is 2.66. The fraction of sp³-hybridized carbons (Fsp3) is 0.350. The van der Waals surface area contributed by atoms with E-state index in [1.807, 2.05) is 18.2 Å². The van der Waals surface area contributed by atoms with Gasteiger partial charge in [0, 0.05) is 24.1 Å². The fourth-order valence-electron chi connectivity index (χ4n) is 1.12. The maximum atomic E-state index is 10.2. The number of nitro groups is 2. The van der Waals surface area contributed by atoms with Crippen molar-refractivity contribution in [2.45, 2.75) is 21.8 Å². The molecule has 0 fully saturated rings. The number of benzene rings is 2. The van der Waals surface area contributed by atoms with Crippen LogP contribution in [-0.2, 0) is 0 Å². The molecule has 0 spiro atoms. The molecule has 0 saturated carbocycles. The summed E-state index contributed by atoms with van der Waals surface area (Å²) in [5.41, 5.74) is 1.65. The van der Waals surface area contributed by atoms with Crippen molar-refractivity contribution in [1.29, 1.82) is 0 Å². The summed E-state index contributed by atoms with van der Waals surface area (Å²) >= 11 is 0. The Kier molecular flexibility index (Phi) is 45.5. The van der Waals surface area contributed by atoms with Gasteiger partial charge in [-0.2, -0.15) is 0 Å². The van der Waals surface area contributed by atoms with Crippen molar-refractivity contribution in [3.63, 3.8) is 0 Å². The number of carboxylic acids is 1. The van der Waals surface area contributed by atoms with Gasteiger partial charge < -0.3 is 15.3 Å². The molecule has 10 nitrogen and oxygen atoms in total. The molecule has 3 N–H and O–H groups in total. The minimum atomic E-state index is -0.879. The predicted molar refractivity (Wildman–Crippen MR) is 120 cm³/mol. The lowest BCUT2D eigenvalue weighted by atomic mass is 10.2. The van der Waals surface area contributed by atoms with Gasteiger partial charge >= 0.3 is 5.97 Å². The quantitative estimate of drug-likeness (QED) is 0.454. The second-order valence-corrected chi connectivity index (χ2v) is 4.21. The van der Waals surface area contributed by atoms with Crippen LogP contribution in [0.2, 0.25) is 0 Å². The van der Waals surface area contributed by atoms with Gasteiger partial charge in [0.05, 0.1) is 5.56 Å². The van der Waals surface area contributed by atoms with Gasteiger partial charge in [-0.1, -0.05) is 68.9 Å². The molecular formula is C20H36N2O8. The molecule has 0 aliphatic heterocycles. The standard InChI is InChI=1S/C7H6O2.C7H8.2CH3NO2.2CH4O.2CH4/c8-7(9)6-4-2-1-3-5-6;1-7-5-3-2-4-6-7;2*1-2(3)4;2*1-2;;/h1-5H,(H,8,9);2-6H,1H3;2*1H3;2*2H,1H3;2*1H4. The minimum absolute atomic E-state index is 0. The molecule has 2 rings (SSSR count). The van der Waals surface area contributed by atoms with E-state index in [9.17, 15) is 4.79 Å². The topological polar surface area (TPSA) is 164 Å². The molecule has 0 atom stereocenters. The van der Waals surface area contributed by atoms with E-state index in [2.05, 4.69) is 19.1 Å². The van der Waals surface area contributed by atoms with Crippen molar-refractivity contribution in [2.75, 3.05) is 28.3 Å². The second kappa shape index (κ2) is 33.2. The zero-order chi connectivity index (χ0) is 23.0. The van der Waals surface area contributed by atoms with Crippen LogP contribution >= 0.6 is 0 Å². The van der Waals surface area contributed by atoms with E-state index < -0.39 is 15.8 Å². The van der Waals surface area contributed by atoms with Crippen LogP contribution in [-0.4, -0.2) is 59.5 Å². The average molecular weight is 433 g/mol. The summed E-state index contributed by atoms with van der Waals surface area (Å²) in [6.45, 7) is 2.08. The number of nitrogens with zero attached hydrogens (tertiary/aromatic N) is 2. The molecule has 0 saturated heterocycles. The summed E-state index contributed by atoms with van der Waals surface area (Å²) < 4.78 is 0. The summed E-state index contributed by atoms with van der Waals surface area (Å²) in [6, 6.07) is 18.6. The van der Waals surface area contributed by atoms with Gasteiger partial charge in [-0.25, -0.2) is 4.79 Å². The van der Waals surface area contributed by atoms with Crippen LogP contribution < -0.4 is 0 Å². The zero-order valence-corrected chi connectivity index (χ0v) is 16.6. The first-order valence-corrected chi connectivity index (χ1v) is 7.52. The number of aliphatic hydroxyl groups is 2. The lowest BCUT2D eigenvalue weighted by Crippen LogP contribution is -1.93. The predicted octanol–water partition coefficient (Wildman–Crippen LogP) is 3.65. The van der Waals surface area contributed by atoms with E-state index >= 15 is 0 Å². The first-order chi connectivity index (χ1) is 13.2. The van der Waals surface area contributed by atoms with Gasteiger partial charge in [0.15, 0.2) is 14.1 Å². The van der Waals surface area contributed by atoms with Crippen molar-refractivity contribution in [3.05, 3.63) is 92.0 Å². The summed E-state index contributed by atoms with van der Waals surface area (Å²) in [6.07, 6.45) is 0. The molecule has 0 aromatic heterocycles. The number of carbonyl (C=O) groups is 1. The Labute approximate surface area is 178 Å². The number of rotatable bonds is 1. The van der Waals surface area contributed by atoms with Crippen molar-refractivity contribution in [2.24, 2.45) is 0 Å². The molecule has 0 heterocycles. The Morgan fingerprint density at radius 1 is 0.733 bits per heavy atom. The first-order valence-electron chi connectivity index (χ1n) is 7.52. The van der Waals surface area contributed by atoms with E-state index in [4.69, 9.17) is 35.5 Å². The number of carboxylic acid groups (broad SMARTS) is 1. The Balaban J connectivity index is -0.0000000621. The van der Waals surface area contributed by atoms with Gasteiger partial charge in [0.1, 0.15) is 0 Å². The largest absolute Gasteiger partial charge is 0.478 e. The lowest BCUT2D eigenvalue weighted by Gasteiger charge is -1.88. The van der Waals surface area contributed by atoms with E-state index in [0.29, 0.717) is 5.56 Å². The molecule has 0 unspecified atom stereocenters. The second-order valence-electron chi connectivity index (χ2n) is 4.21. The number of aliphatic hydroxyl groups excluding tert-OH is 2. The molecule has 10 heteroatoms. The van der Waals surface area contributed by atoms with E-state index in [-0.39, 0.29) is 14.9 Å². The van der Waals surface area contributed by atoms with Crippen LogP contribution in [0.3, 0.4) is 0 Å². The third-order valence-corrected chi connectivity index (χ3v) is 1.96. The van der Waals surface area contributed by atoms with Crippen molar-refractivity contribution in [1.82, 2.24) is 0 Å². The highest BCUT2D eigenvalue weighted by Crippen LogP contribution is 1.96. The Hall–Kier alpha value is -3.37. The van der Waals surface area contributed by atoms with Gasteiger partial charge in [0.25, 0.3) is 0 Å². The van der Waals surface area contributed by atoms with E-state index in [1.54, 1.807) is 30.3 Å². The van der Waals surface area contributed by atoms with E-state index in [0.717, 1.165) is 28.3 Å². The summed E-state index contributed by atoms with van der Waals surface area (Å²) in [7, 11) is 3.78. The van der Waals surface area contributed by atoms with Crippen molar-refractivity contribution < 1.29 is 30.0 Å². The van der Waals surface area contributed by atoms with Gasteiger partial charge in [-0.3, -0.25) is 20.2 Å². The molecule has 0 bridgehead atoms. The normalized spacial score (nSPS) is 6.77. The third kappa shape index (κ3) is 49.7. The summed E-state index contributed by atoms with van der Waals surface area (Å²) in [5.74, 6) is -0.879. The fourth-order valence-corrected chi connectivity index (χ4v) is 1.12. The molecule has 174 valence electrons. The van der Waals surface area contributed by atoms with Crippen LogP contribution in [0.5, 0.6) is 0 Å². The van der Waals surface area contributed by atoms with Crippen LogP contribution in [0.25, 0.3) is 0 Å². The Morgan fingerprint density at radius 2 is 0.967 bits per heavy atom. The lowest BCUT2D eigenvalue weighted by molar-refractivity contribution is -0.445. The van der Waals surface area contributed by atoms with Gasteiger partial charge in [0.2, 0.25) is 0 Å². The summed E-state index contributed by atoms with van der Waals surface area (Å²) in [5, 5.41) is 40.0. The minimum Gasteiger partial charge on any atom is -0.478 e. The van der Waals surface area contributed by atoms with Crippen LogP contribution in [0.1, 0.15) is 30.8 Å². The summed E-state index contributed by atoms with van der Waals surface area (Å²) in [4.78, 5) is 26.8.